The number of carboxylic acid groups (broad SMARTS) is 2. The predicted octanol–water partition coefficient (Wildman–Crippen LogP) is -3.14. The van der Waals surface area contributed by atoms with E-state index in [0.717, 1.165) is 5.57 Å². The first-order valence-corrected chi connectivity index (χ1v) is 29.6. The Morgan fingerprint density at radius 1 is 0.612 bits per heavy atom. The number of aliphatic carboxylic acids is 2. The zero-order chi connectivity index (χ0) is 62.2. The number of carboxylic acids is 2. The molecule has 0 spiro atoms. The van der Waals surface area contributed by atoms with Crippen LogP contribution < -0.4 is 0 Å². The van der Waals surface area contributed by atoms with Crippen molar-refractivity contribution in [3.8, 4) is 0 Å². The standard InChI is InChI=1S/C57H88O28/c1-22-37(80-44-34(66)30(62)26(60)18-76-44)38(81-48-41(69)57(75,20-58)21-78-48)36(68)46(79-22)83-40-31(63)27(61)19-77-47(40)85-50(74)56-14-12-51(2,3)16-24(56)23-8-9-28-52(4)17-25(59)42(84-45-35(67)32(64)33(65)39(82-45)43(70)71)55(7,49(72)73)29(52)10-11-54(28,6)53(23,5)13-15-56/h8,22,24-42,44-48,58-69,75H,9-21H2,1-7H3,(H,70,71)(H,72,73)/t22-,24-,25-,26+,27-,28+,29+,30-,31-,32-,33-,34+,35+,36+,37-,38-,39-,40+,41-,42-,44-,45-,46-,47-,48-,52+,53+,54+,55-,56-,57+/m0/s1. The molecule has 0 aromatic carbocycles. The minimum atomic E-state index is -2.18. The van der Waals surface area contributed by atoms with E-state index in [9.17, 15) is 86.2 Å². The number of hydrogen-bond acceptors (Lipinski definition) is 26. The Labute approximate surface area is 490 Å². The van der Waals surface area contributed by atoms with Crippen molar-refractivity contribution in [3.63, 3.8) is 0 Å². The van der Waals surface area contributed by atoms with Crippen LogP contribution in [0.5, 0.6) is 0 Å². The van der Waals surface area contributed by atoms with E-state index in [0.29, 0.717) is 51.4 Å². The fourth-order valence-electron chi connectivity index (χ4n) is 17.2. The summed E-state index contributed by atoms with van der Waals surface area (Å²) in [5.74, 6) is -4.95. The summed E-state index contributed by atoms with van der Waals surface area (Å²) in [4.78, 5) is 41.3. The van der Waals surface area contributed by atoms with Crippen LogP contribution in [0.25, 0.3) is 0 Å². The Bertz CT molecular complexity index is 2500. The van der Waals surface area contributed by atoms with Crippen molar-refractivity contribution in [1.29, 1.82) is 0 Å². The third-order valence-corrected chi connectivity index (χ3v) is 22.5. The summed E-state index contributed by atoms with van der Waals surface area (Å²) < 4.78 is 59.3. The van der Waals surface area contributed by atoms with Gasteiger partial charge in [0.25, 0.3) is 0 Å². The predicted molar refractivity (Wildman–Crippen MR) is 280 cm³/mol. The molecule has 5 heterocycles. The van der Waals surface area contributed by atoms with Gasteiger partial charge in [-0.2, -0.15) is 0 Å². The molecule has 28 heteroatoms. The molecule has 10 rings (SSSR count). The highest BCUT2D eigenvalue weighted by atomic mass is 16.8. The molecule has 85 heavy (non-hydrogen) atoms. The number of fused-ring (bicyclic) bond motifs is 7. The van der Waals surface area contributed by atoms with E-state index in [2.05, 4.69) is 33.8 Å². The lowest BCUT2D eigenvalue weighted by Gasteiger charge is -2.71. The highest BCUT2D eigenvalue weighted by Gasteiger charge is 2.73. The van der Waals surface area contributed by atoms with Gasteiger partial charge < -0.3 is 124 Å². The minimum Gasteiger partial charge on any atom is -0.481 e. The molecular weight excluding hydrogens is 1130 g/mol. The summed E-state index contributed by atoms with van der Waals surface area (Å²) in [7, 11) is 0. The second kappa shape index (κ2) is 23.2. The zero-order valence-electron chi connectivity index (χ0n) is 48.7. The second-order valence-corrected chi connectivity index (χ2v) is 27.8. The molecule has 0 amide bonds. The van der Waals surface area contributed by atoms with E-state index in [1.807, 2.05) is 6.92 Å². The van der Waals surface area contributed by atoms with Gasteiger partial charge in [0.05, 0.1) is 49.5 Å². The SMILES string of the molecule is C[C@@H]1O[C@@H](O[C@H]2[C@H](OC(=O)[C@]34CCC(C)(C)C[C@H]3C3=CC[C@@H]5[C@@]6(C)C[C@H](O)[C@H](O[C@@H]7O[C@H](C(=O)O)[C@@H](O)[C@H](O)[C@H]7O)[C@@](C)(C(=O)O)[C@@H]6CC[C@@]5(C)[C@]3(C)CC4)OC[C@H](O)[C@@H]2O)[C@H](O)[C@H](O[C@@H]2OC[C@](O)(CO)[C@H]2O)[C@H]1O[C@@H]1OC[C@@H](O)[C@H](O)[C@H]1O. The number of esters is 1. The molecule has 5 aliphatic heterocycles. The number of carbonyl (C=O) groups excluding carboxylic acids is 1. The van der Waals surface area contributed by atoms with Crippen LogP contribution in [0.4, 0.5) is 0 Å². The van der Waals surface area contributed by atoms with Gasteiger partial charge in [-0.25, -0.2) is 4.79 Å². The van der Waals surface area contributed by atoms with Crippen molar-refractivity contribution in [2.24, 2.45) is 50.2 Å². The van der Waals surface area contributed by atoms with Gasteiger partial charge in [-0.05, 0) is 111 Å². The molecule has 0 unspecified atom stereocenters. The molecule has 0 bridgehead atoms. The summed E-state index contributed by atoms with van der Waals surface area (Å²) in [5.41, 5.74) is -6.49. The van der Waals surface area contributed by atoms with Crippen molar-refractivity contribution in [1.82, 2.24) is 0 Å². The number of aliphatic hydroxyl groups is 13. The Kier molecular flexibility index (Phi) is 17.8. The lowest BCUT2D eigenvalue weighted by molar-refractivity contribution is -0.381. The highest BCUT2D eigenvalue weighted by Crippen LogP contribution is 2.76. The quantitative estimate of drug-likeness (QED) is 0.0492. The molecule has 0 aromatic rings. The molecule has 15 N–H and O–H groups in total. The van der Waals surface area contributed by atoms with Gasteiger partial charge in [0.2, 0.25) is 6.29 Å². The molecule has 28 nitrogen and oxygen atoms in total. The van der Waals surface area contributed by atoms with Crippen LogP contribution in [0.2, 0.25) is 0 Å². The highest BCUT2D eigenvalue weighted by molar-refractivity contribution is 5.79. The monoisotopic (exact) mass is 1220 g/mol. The van der Waals surface area contributed by atoms with Crippen LogP contribution in [-0.4, -0.2) is 262 Å². The summed E-state index contributed by atoms with van der Waals surface area (Å²) in [6.45, 7) is 11.0. The summed E-state index contributed by atoms with van der Waals surface area (Å²) in [6, 6.07) is 0. The molecular formula is C57H88O28. The first-order chi connectivity index (χ1) is 39.6. The zero-order valence-corrected chi connectivity index (χ0v) is 48.7. The average Bonchev–Trinajstić information content (AvgIpc) is 1.01. The fraction of sp³-hybridized carbons (Fsp3) is 0.912. The summed E-state index contributed by atoms with van der Waals surface area (Å²) in [6.07, 6.45) is -32.6. The lowest BCUT2D eigenvalue weighted by atomic mass is 9.33. The van der Waals surface area contributed by atoms with Crippen molar-refractivity contribution < 1.29 is 138 Å². The van der Waals surface area contributed by atoms with Crippen LogP contribution in [0, 0.1) is 50.2 Å². The first-order valence-electron chi connectivity index (χ1n) is 29.6. The average molecular weight is 1220 g/mol. The fourth-order valence-corrected chi connectivity index (χ4v) is 17.2. The first kappa shape index (κ1) is 65.2. The Morgan fingerprint density at radius 3 is 1.87 bits per heavy atom. The smallest absolute Gasteiger partial charge is 0.335 e. The topological polar surface area (TPSA) is 447 Å². The van der Waals surface area contributed by atoms with Gasteiger partial charge in [0, 0.05) is 0 Å². The van der Waals surface area contributed by atoms with Gasteiger partial charge in [-0.15, -0.1) is 0 Å². The third kappa shape index (κ3) is 10.5. The summed E-state index contributed by atoms with van der Waals surface area (Å²) in [5, 5.41) is 163. The minimum absolute atomic E-state index is 0.0339. The van der Waals surface area contributed by atoms with Crippen LogP contribution >= 0.6 is 0 Å². The number of ether oxygens (including phenoxy) is 10. The number of aliphatic hydroxyl groups excluding tert-OH is 12. The molecule has 5 saturated heterocycles. The largest absolute Gasteiger partial charge is 0.481 e. The number of hydrogen-bond donors (Lipinski definition) is 15. The van der Waals surface area contributed by atoms with Gasteiger partial charge in [0.1, 0.15) is 85.0 Å². The summed E-state index contributed by atoms with van der Waals surface area (Å²) >= 11 is 0. The molecule has 0 aromatic heterocycles. The van der Waals surface area contributed by atoms with Gasteiger partial charge >= 0.3 is 17.9 Å². The molecule has 5 aliphatic carbocycles. The van der Waals surface area contributed by atoms with E-state index in [1.165, 1.54) is 13.8 Å². The molecule has 0 radical (unpaired) electrons. The van der Waals surface area contributed by atoms with Crippen molar-refractivity contribution >= 4 is 17.9 Å². The lowest BCUT2D eigenvalue weighted by Crippen LogP contribution is -2.70. The normalized spacial score (nSPS) is 54.1. The van der Waals surface area contributed by atoms with Gasteiger partial charge in [-0.3, -0.25) is 9.59 Å². The van der Waals surface area contributed by atoms with Crippen molar-refractivity contribution in [2.75, 3.05) is 26.4 Å². The Hall–Kier alpha value is -2.73. The van der Waals surface area contributed by atoms with Crippen LogP contribution in [-0.2, 0) is 61.8 Å². The van der Waals surface area contributed by atoms with Crippen LogP contribution in [0.1, 0.15) is 106 Å². The van der Waals surface area contributed by atoms with Gasteiger partial charge in [-0.1, -0.05) is 46.3 Å². The molecule has 9 fully saturated rings. The van der Waals surface area contributed by atoms with E-state index >= 15 is 4.79 Å². The maximum atomic E-state index is 15.5. The number of carbonyl (C=O) groups is 3. The van der Waals surface area contributed by atoms with Gasteiger partial charge in [0.15, 0.2) is 37.4 Å². The Balaban J connectivity index is 0.907. The van der Waals surface area contributed by atoms with E-state index in [-0.39, 0.29) is 17.8 Å². The number of rotatable bonds is 13. The molecule has 4 saturated carbocycles. The molecule has 10 aliphatic rings. The second-order valence-electron chi connectivity index (χ2n) is 27.8. The van der Waals surface area contributed by atoms with Crippen molar-refractivity contribution in [2.45, 2.75) is 247 Å². The van der Waals surface area contributed by atoms with Crippen LogP contribution in [0.3, 0.4) is 0 Å². The van der Waals surface area contributed by atoms with Crippen LogP contribution in [0.15, 0.2) is 11.6 Å². The van der Waals surface area contributed by atoms with E-state index in [4.69, 9.17) is 47.4 Å². The number of allylic oxidation sites excluding steroid dienone is 2. The molecule has 484 valence electrons. The van der Waals surface area contributed by atoms with E-state index < -0.39 is 224 Å². The maximum Gasteiger partial charge on any atom is 0.335 e. The van der Waals surface area contributed by atoms with E-state index in [1.54, 1.807) is 0 Å². The Morgan fingerprint density at radius 2 is 1.22 bits per heavy atom. The maximum absolute atomic E-state index is 15.5. The van der Waals surface area contributed by atoms with Crippen molar-refractivity contribution in [3.05, 3.63) is 11.6 Å². The third-order valence-electron chi connectivity index (χ3n) is 22.5. The molecule has 31 atom stereocenters.